The van der Waals surface area contributed by atoms with Crippen LogP contribution >= 0.6 is 0 Å². The molecule has 2 atom stereocenters. The highest BCUT2D eigenvalue weighted by molar-refractivity contribution is 5.90. The molecule has 43 heavy (non-hydrogen) atoms. The smallest absolute Gasteiger partial charge is 0.381 e. The fraction of sp³-hybridized carbons (Fsp3) is 0.536. The average Bonchev–Trinajstić information content (AvgIpc) is 3.48. The molecule has 1 aromatic carbocycles. The summed E-state index contributed by atoms with van der Waals surface area (Å²) in [6.45, 7) is 5.38. The normalized spacial score (nSPS) is 21.9. The second kappa shape index (κ2) is 11.6. The van der Waals surface area contributed by atoms with Crippen molar-refractivity contribution in [1.82, 2.24) is 19.9 Å². The zero-order valence-corrected chi connectivity index (χ0v) is 23.4. The molecule has 1 saturated carbocycles. The van der Waals surface area contributed by atoms with Crippen molar-refractivity contribution in [3.05, 3.63) is 35.5 Å². The number of urea groups is 1. The molecule has 2 saturated heterocycles. The van der Waals surface area contributed by atoms with Gasteiger partial charge in [-0.05, 0) is 38.3 Å². The molecule has 4 aliphatic rings. The maximum atomic E-state index is 13.2. The molecule has 0 radical (unpaired) electrons. The second-order valence-corrected chi connectivity index (χ2v) is 11.1. The highest BCUT2D eigenvalue weighted by Crippen LogP contribution is 2.35. The number of fused-ring (bicyclic) bond motifs is 1. The van der Waals surface area contributed by atoms with Crippen LogP contribution in [0.2, 0.25) is 0 Å². The topological polar surface area (TPSA) is 126 Å². The molecule has 6 rings (SSSR count). The molecular weight excluding hydrogens is 573 g/mol. The third-order valence-corrected chi connectivity index (χ3v) is 7.89. The van der Waals surface area contributed by atoms with Gasteiger partial charge < -0.3 is 29.4 Å². The molecule has 1 aromatic heterocycles. The summed E-state index contributed by atoms with van der Waals surface area (Å²) in [6.07, 6.45) is -3.70. The van der Waals surface area contributed by atoms with Crippen LogP contribution in [-0.2, 0) is 37.0 Å². The molecule has 12 nitrogen and oxygen atoms in total. The van der Waals surface area contributed by atoms with Crippen molar-refractivity contribution in [3.8, 4) is 11.3 Å². The lowest BCUT2D eigenvalue weighted by Crippen LogP contribution is -2.44. The molecule has 4 heterocycles. The van der Waals surface area contributed by atoms with Crippen molar-refractivity contribution in [2.75, 3.05) is 43.2 Å². The zero-order valence-electron chi connectivity index (χ0n) is 23.4. The summed E-state index contributed by atoms with van der Waals surface area (Å²) < 4.78 is 49.2. The Balaban J connectivity index is 1.24. The molecule has 15 heteroatoms. The van der Waals surface area contributed by atoms with Gasteiger partial charge >= 0.3 is 18.2 Å². The van der Waals surface area contributed by atoms with Crippen molar-refractivity contribution in [2.24, 2.45) is 5.92 Å². The number of hydrogen-bond donors (Lipinski definition) is 1. The average molecular weight is 605 g/mol. The van der Waals surface area contributed by atoms with E-state index in [0.717, 1.165) is 11.3 Å². The van der Waals surface area contributed by atoms with Gasteiger partial charge in [0.1, 0.15) is 0 Å². The summed E-state index contributed by atoms with van der Waals surface area (Å²) in [6, 6.07) is 5.08. The van der Waals surface area contributed by atoms with E-state index in [4.69, 9.17) is 19.4 Å². The molecular formula is C28H31F3N6O6. The predicted molar refractivity (Wildman–Crippen MR) is 144 cm³/mol. The first-order valence-electron chi connectivity index (χ1n) is 14.2. The molecule has 2 aromatic rings. The third kappa shape index (κ3) is 6.22. The third-order valence-electron chi connectivity index (χ3n) is 7.89. The van der Waals surface area contributed by atoms with E-state index in [-0.39, 0.29) is 23.6 Å². The maximum Gasteiger partial charge on any atom is 0.493 e. The van der Waals surface area contributed by atoms with Gasteiger partial charge in [-0.25, -0.2) is 19.6 Å². The zero-order chi connectivity index (χ0) is 30.3. The van der Waals surface area contributed by atoms with E-state index in [0.29, 0.717) is 87.6 Å². The van der Waals surface area contributed by atoms with E-state index in [1.165, 1.54) is 0 Å². The lowest BCUT2D eigenvalue weighted by atomic mass is 10.0. The summed E-state index contributed by atoms with van der Waals surface area (Å²) in [4.78, 5) is 55.2. The van der Waals surface area contributed by atoms with E-state index in [2.05, 4.69) is 15.1 Å². The number of amides is 3. The van der Waals surface area contributed by atoms with Crippen LogP contribution < -0.4 is 10.2 Å². The number of rotatable bonds is 5. The van der Waals surface area contributed by atoms with Gasteiger partial charge in [-0.2, -0.15) is 13.2 Å². The molecule has 0 bridgehead atoms. The summed E-state index contributed by atoms with van der Waals surface area (Å²) >= 11 is 0. The van der Waals surface area contributed by atoms with Crippen molar-refractivity contribution in [1.29, 1.82) is 0 Å². The Labute approximate surface area is 245 Å². The van der Waals surface area contributed by atoms with Crippen LogP contribution in [0.1, 0.15) is 37.4 Å². The second-order valence-electron chi connectivity index (χ2n) is 11.1. The fourth-order valence-electron chi connectivity index (χ4n) is 5.40. The fourth-order valence-corrected chi connectivity index (χ4v) is 5.40. The van der Waals surface area contributed by atoms with Crippen molar-refractivity contribution < 1.29 is 41.9 Å². The number of morpholine rings is 1. The highest BCUT2D eigenvalue weighted by Gasteiger charge is 2.46. The Bertz CT molecular complexity index is 1400. The van der Waals surface area contributed by atoms with E-state index in [1.807, 2.05) is 6.92 Å². The van der Waals surface area contributed by atoms with Crippen molar-refractivity contribution >= 4 is 29.5 Å². The number of halogens is 3. The monoisotopic (exact) mass is 604 g/mol. The van der Waals surface area contributed by atoms with Crippen LogP contribution in [-0.4, -0.2) is 89.1 Å². The van der Waals surface area contributed by atoms with E-state index in [1.54, 1.807) is 29.2 Å². The summed E-state index contributed by atoms with van der Waals surface area (Å²) in [5.41, 5.74) is 3.23. The molecule has 1 aliphatic carbocycles. The first-order chi connectivity index (χ1) is 20.6. The number of hydroxylamine groups is 2. The van der Waals surface area contributed by atoms with E-state index < -0.39 is 24.2 Å². The number of nitrogens with one attached hydrogen (secondary N) is 1. The SMILES string of the molecule is C[C@H]1COCCN1c1nc2c(c(-c3ccc(NC(=O)N(OC(=O)C(F)(F)F)C4CC4)cc3)n1)CN(C(=O)C1CCOC1)C2. The largest absolute Gasteiger partial charge is 0.493 e. The Morgan fingerprint density at radius 1 is 1.02 bits per heavy atom. The Morgan fingerprint density at radius 3 is 2.42 bits per heavy atom. The van der Waals surface area contributed by atoms with Crippen LogP contribution in [0.25, 0.3) is 11.3 Å². The number of carbonyl (C=O) groups is 3. The van der Waals surface area contributed by atoms with Crippen molar-refractivity contribution in [2.45, 2.75) is 57.5 Å². The summed E-state index contributed by atoms with van der Waals surface area (Å²) in [5, 5.41) is 2.94. The number of alkyl halides is 3. The number of nitrogens with zero attached hydrogens (tertiary/aromatic N) is 5. The molecule has 3 fully saturated rings. The highest BCUT2D eigenvalue weighted by atomic mass is 19.4. The summed E-state index contributed by atoms with van der Waals surface area (Å²) in [5.74, 6) is -2.09. The number of anilines is 2. The van der Waals surface area contributed by atoms with Crippen LogP contribution in [0.4, 0.5) is 29.6 Å². The van der Waals surface area contributed by atoms with Crippen LogP contribution in [0.15, 0.2) is 24.3 Å². The first-order valence-corrected chi connectivity index (χ1v) is 14.2. The van der Waals surface area contributed by atoms with E-state index in [9.17, 15) is 27.6 Å². The van der Waals surface area contributed by atoms with Gasteiger partial charge in [0.05, 0.1) is 62.3 Å². The lowest BCUT2D eigenvalue weighted by Gasteiger charge is -2.33. The first kappa shape index (κ1) is 29.1. The molecule has 230 valence electrons. The minimum absolute atomic E-state index is 0.0206. The molecule has 1 unspecified atom stereocenters. The molecule has 0 spiro atoms. The number of carbonyl (C=O) groups excluding carboxylic acids is 3. The number of benzene rings is 1. The Morgan fingerprint density at radius 2 is 1.77 bits per heavy atom. The van der Waals surface area contributed by atoms with Gasteiger partial charge in [-0.15, -0.1) is 5.06 Å². The number of hydrogen-bond acceptors (Lipinski definition) is 9. The minimum Gasteiger partial charge on any atom is -0.381 e. The van der Waals surface area contributed by atoms with Crippen molar-refractivity contribution in [3.63, 3.8) is 0 Å². The van der Waals surface area contributed by atoms with Crippen LogP contribution in [0.3, 0.4) is 0 Å². The van der Waals surface area contributed by atoms with Gasteiger partial charge in [0, 0.05) is 30.0 Å². The lowest BCUT2D eigenvalue weighted by molar-refractivity contribution is -0.228. The Kier molecular flexibility index (Phi) is 7.85. The van der Waals surface area contributed by atoms with E-state index >= 15 is 0 Å². The van der Waals surface area contributed by atoms with Gasteiger partial charge in [-0.1, -0.05) is 12.1 Å². The number of ether oxygens (including phenoxy) is 2. The van der Waals surface area contributed by atoms with Gasteiger partial charge in [-0.3, -0.25) is 4.79 Å². The van der Waals surface area contributed by atoms with Gasteiger partial charge in [0.25, 0.3) is 0 Å². The quantitative estimate of drug-likeness (QED) is 0.512. The number of aromatic nitrogens is 2. The van der Waals surface area contributed by atoms with Crippen LogP contribution in [0, 0.1) is 5.92 Å². The standard InChI is InChI=1S/C28H31F3N6O6/c1-16-14-42-11-9-36(16)26-33-22-13-35(24(38)18-8-10-41-15-18)12-21(22)23(34-26)17-2-4-19(5-3-17)32-27(40)37(20-6-7-20)43-25(39)28(29,30)31/h2-5,16,18,20H,6-15H2,1H3,(H,32,40)/t16-,18?/m0/s1. The van der Waals surface area contributed by atoms with Crippen LogP contribution in [0.5, 0.6) is 0 Å². The molecule has 3 aliphatic heterocycles. The molecule has 1 N–H and O–H groups in total. The van der Waals surface area contributed by atoms with Gasteiger partial charge in [0.15, 0.2) is 0 Å². The van der Waals surface area contributed by atoms with Gasteiger partial charge in [0.2, 0.25) is 11.9 Å². The predicted octanol–water partition coefficient (Wildman–Crippen LogP) is 3.26. The minimum atomic E-state index is -5.23. The molecule has 3 amide bonds. The maximum absolute atomic E-state index is 13.2. The Hall–Kier alpha value is -3.98. The summed E-state index contributed by atoms with van der Waals surface area (Å²) in [7, 11) is 0.